The predicted molar refractivity (Wildman–Crippen MR) is 118 cm³/mol. The van der Waals surface area contributed by atoms with Gasteiger partial charge in [0, 0.05) is 18.0 Å². The molecule has 7 heteroatoms. The van der Waals surface area contributed by atoms with Gasteiger partial charge in [0.25, 0.3) is 0 Å². The van der Waals surface area contributed by atoms with Crippen LogP contribution in [-0.4, -0.2) is 16.6 Å². The van der Waals surface area contributed by atoms with Crippen LogP contribution in [0.1, 0.15) is 29.5 Å². The van der Waals surface area contributed by atoms with E-state index in [1.165, 1.54) is 17.8 Å². The third-order valence-corrected chi connectivity index (χ3v) is 6.57. The molecule has 1 unspecified atom stereocenters. The van der Waals surface area contributed by atoms with Crippen molar-refractivity contribution in [2.24, 2.45) is 10.8 Å². The number of benzene rings is 2. The molecule has 1 aliphatic heterocycles. The van der Waals surface area contributed by atoms with Crippen molar-refractivity contribution in [3.8, 4) is 0 Å². The van der Waals surface area contributed by atoms with Crippen molar-refractivity contribution in [3.63, 3.8) is 0 Å². The van der Waals surface area contributed by atoms with E-state index in [-0.39, 0.29) is 5.56 Å². The van der Waals surface area contributed by atoms with Crippen LogP contribution >= 0.6 is 11.8 Å². The number of aryl methyl sites for hydroxylation is 1. The SMILES string of the molecule is Cc1cnccc1N1N=C(c2cc(F)ccc2F)SC1(CCCN)c1ccccc1. The summed E-state index contributed by atoms with van der Waals surface area (Å²) in [5.74, 6) is -1.00. The highest BCUT2D eigenvalue weighted by Gasteiger charge is 2.46. The molecular formula is C23H22F2N4S. The third-order valence-electron chi connectivity index (χ3n) is 5.12. The van der Waals surface area contributed by atoms with Gasteiger partial charge in [0.15, 0.2) is 0 Å². The van der Waals surface area contributed by atoms with Crippen molar-refractivity contribution < 1.29 is 8.78 Å². The fraction of sp³-hybridized carbons (Fsp3) is 0.217. The third kappa shape index (κ3) is 3.70. The van der Waals surface area contributed by atoms with Gasteiger partial charge in [-0.2, -0.15) is 5.10 Å². The Labute approximate surface area is 178 Å². The number of halogens is 2. The summed E-state index contributed by atoms with van der Waals surface area (Å²) in [5.41, 5.74) is 8.85. The second-order valence-electron chi connectivity index (χ2n) is 7.15. The average molecular weight is 425 g/mol. The minimum absolute atomic E-state index is 0.155. The lowest BCUT2D eigenvalue weighted by atomic mass is 9.99. The number of rotatable bonds is 6. The van der Waals surface area contributed by atoms with Gasteiger partial charge in [-0.25, -0.2) is 13.8 Å². The average Bonchev–Trinajstić information content (AvgIpc) is 3.15. The maximum Gasteiger partial charge on any atom is 0.139 e. The van der Waals surface area contributed by atoms with Gasteiger partial charge in [0.05, 0.1) is 5.69 Å². The molecule has 1 aromatic heterocycles. The molecule has 0 fully saturated rings. The van der Waals surface area contributed by atoms with Crippen molar-refractivity contribution >= 4 is 22.5 Å². The van der Waals surface area contributed by atoms with E-state index in [4.69, 9.17) is 10.8 Å². The van der Waals surface area contributed by atoms with Crippen LogP contribution in [0.15, 0.2) is 72.1 Å². The maximum absolute atomic E-state index is 14.6. The fourth-order valence-corrected chi connectivity index (χ4v) is 5.07. The van der Waals surface area contributed by atoms with Crippen LogP contribution in [0.4, 0.5) is 14.5 Å². The predicted octanol–water partition coefficient (Wildman–Crippen LogP) is 5.18. The highest BCUT2D eigenvalue weighted by Crippen LogP contribution is 2.52. The molecule has 0 amide bonds. The van der Waals surface area contributed by atoms with E-state index in [2.05, 4.69) is 4.98 Å². The summed E-state index contributed by atoms with van der Waals surface area (Å²) in [4.78, 5) is 3.55. The molecule has 0 spiro atoms. The summed E-state index contributed by atoms with van der Waals surface area (Å²) in [7, 11) is 0. The van der Waals surface area contributed by atoms with Crippen LogP contribution in [-0.2, 0) is 4.87 Å². The van der Waals surface area contributed by atoms with E-state index in [1.807, 2.05) is 48.3 Å². The van der Waals surface area contributed by atoms with E-state index in [1.54, 1.807) is 12.4 Å². The number of pyridine rings is 1. The van der Waals surface area contributed by atoms with Gasteiger partial charge >= 0.3 is 0 Å². The maximum atomic E-state index is 14.6. The molecule has 0 bridgehead atoms. The number of aromatic nitrogens is 1. The topological polar surface area (TPSA) is 54.5 Å². The Bertz CT molecular complexity index is 1070. The van der Waals surface area contributed by atoms with Crippen molar-refractivity contribution in [3.05, 3.63) is 95.3 Å². The number of nitrogens with zero attached hydrogens (tertiary/aromatic N) is 3. The van der Waals surface area contributed by atoms with E-state index in [0.29, 0.717) is 18.0 Å². The van der Waals surface area contributed by atoms with Gasteiger partial charge in [0.1, 0.15) is 21.5 Å². The molecule has 154 valence electrons. The molecule has 0 saturated carbocycles. The van der Waals surface area contributed by atoms with Crippen molar-refractivity contribution in [2.45, 2.75) is 24.6 Å². The molecular weight excluding hydrogens is 402 g/mol. The minimum atomic E-state index is -0.638. The van der Waals surface area contributed by atoms with Crippen LogP contribution in [0.5, 0.6) is 0 Å². The molecule has 2 heterocycles. The highest BCUT2D eigenvalue weighted by atomic mass is 32.2. The standard InChI is InChI=1S/C23H22F2N4S/c1-16-15-27-13-10-21(16)29-23(11-5-12-26,17-6-3-2-4-7-17)30-22(28-29)19-14-18(24)8-9-20(19)25/h2-4,6-10,13-15H,5,11-12,26H2,1H3. The molecule has 3 aromatic rings. The molecule has 1 atom stereocenters. The quantitative estimate of drug-likeness (QED) is 0.593. The molecule has 0 saturated heterocycles. The Hall–Kier alpha value is -2.77. The van der Waals surface area contributed by atoms with Crippen LogP contribution in [0.2, 0.25) is 0 Å². The lowest BCUT2D eigenvalue weighted by Gasteiger charge is -2.38. The summed E-state index contributed by atoms with van der Waals surface area (Å²) < 4.78 is 28.6. The van der Waals surface area contributed by atoms with Gasteiger partial charge in [-0.15, -0.1) is 0 Å². The number of hydrogen-bond acceptors (Lipinski definition) is 5. The summed E-state index contributed by atoms with van der Waals surface area (Å²) in [6.45, 7) is 2.48. The summed E-state index contributed by atoms with van der Waals surface area (Å²) >= 11 is 1.43. The van der Waals surface area contributed by atoms with Crippen LogP contribution in [0.3, 0.4) is 0 Å². The summed E-state index contributed by atoms with van der Waals surface area (Å²) in [6, 6.07) is 15.3. The normalized spacial score (nSPS) is 18.5. The van der Waals surface area contributed by atoms with Crippen LogP contribution in [0.25, 0.3) is 0 Å². The molecule has 0 aliphatic carbocycles. The first-order chi connectivity index (χ1) is 14.5. The molecule has 4 nitrogen and oxygen atoms in total. The number of nitrogens with two attached hydrogens (primary N) is 1. The zero-order valence-corrected chi connectivity index (χ0v) is 17.4. The van der Waals surface area contributed by atoms with Gasteiger partial charge in [-0.3, -0.25) is 4.98 Å². The van der Waals surface area contributed by atoms with Crippen molar-refractivity contribution in [1.29, 1.82) is 0 Å². The monoisotopic (exact) mass is 424 g/mol. The van der Waals surface area contributed by atoms with Gasteiger partial charge in [0.2, 0.25) is 0 Å². The van der Waals surface area contributed by atoms with Crippen molar-refractivity contribution in [2.75, 3.05) is 11.6 Å². The molecule has 30 heavy (non-hydrogen) atoms. The van der Waals surface area contributed by atoms with Crippen LogP contribution in [0, 0.1) is 18.6 Å². The van der Waals surface area contributed by atoms with Crippen molar-refractivity contribution in [1.82, 2.24) is 4.98 Å². The first-order valence-corrected chi connectivity index (χ1v) is 10.6. The van der Waals surface area contributed by atoms with Gasteiger partial charge in [-0.1, -0.05) is 42.1 Å². The number of thioether (sulfide) groups is 1. The van der Waals surface area contributed by atoms with E-state index in [9.17, 15) is 8.78 Å². The van der Waals surface area contributed by atoms with Gasteiger partial charge in [-0.05, 0) is 61.7 Å². The minimum Gasteiger partial charge on any atom is -0.330 e. The Morgan fingerprint density at radius 2 is 1.90 bits per heavy atom. The Morgan fingerprint density at radius 3 is 2.63 bits per heavy atom. The molecule has 2 aromatic carbocycles. The first kappa shape index (κ1) is 20.5. The largest absolute Gasteiger partial charge is 0.330 e. The Morgan fingerprint density at radius 1 is 1.10 bits per heavy atom. The second-order valence-corrected chi connectivity index (χ2v) is 8.41. The first-order valence-electron chi connectivity index (χ1n) is 9.74. The lowest BCUT2D eigenvalue weighted by Crippen LogP contribution is -2.38. The van der Waals surface area contributed by atoms with E-state index >= 15 is 0 Å². The Balaban J connectivity index is 1.92. The van der Waals surface area contributed by atoms with E-state index in [0.717, 1.165) is 35.4 Å². The van der Waals surface area contributed by atoms with E-state index < -0.39 is 16.5 Å². The summed E-state index contributed by atoms with van der Waals surface area (Å²) in [5, 5.41) is 7.16. The number of hydrogen-bond donors (Lipinski definition) is 1. The molecule has 0 radical (unpaired) electrons. The smallest absolute Gasteiger partial charge is 0.139 e. The van der Waals surface area contributed by atoms with Gasteiger partial charge < -0.3 is 5.73 Å². The number of anilines is 1. The Kier molecular flexibility index (Phi) is 5.83. The fourth-order valence-electron chi connectivity index (χ4n) is 3.64. The number of hydrazone groups is 1. The molecule has 2 N–H and O–H groups in total. The lowest BCUT2D eigenvalue weighted by molar-refractivity contribution is 0.526. The highest BCUT2D eigenvalue weighted by molar-refractivity contribution is 8.15. The summed E-state index contributed by atoms with van der Waals surface area (Å²) in [6.07, 6.45) is 4.91. The second kappa shape index (κ2) is 8.53. The van der Waals surface area contributed by atoms with Crippen LogP contribution < -0.4 is 10.7 Å². The zero-order chi connectivity index (χ0) is 21.1. The molecule has 1 aliphatic rings. The molecule has 4 rings (SSSR count). The zero-order valence-electron chi connectivity index (χ0n) is 16.6.